The van der Waals surface area contributed by atoms with Gasteiger partial charge < -0.3 is 4.90 Å². The largest absolute Gasteiger partial charge is 0.309 e. The highest BCUT2D eigenvalue weighted by Gasteiger charge is 2.20. The molecule has 52 heavy (non-hydrogen) atoms. The van der Waals surface area contributed by atoms with E-state index < -0.39 is 0 Å². The third-order valence-electron chi connectivity index (χ3n) is 10.2. The van der Waals surface area contributed by atoms with Gasteiger partial charge in [-0.1, -0.05) is 164 Å². The van der Waals surface area contributed by atoms with Crippen molar-refractivity contribution < 1.29 is 0 Å². The minimum atomic E-state index is 1.12. The maximum atomic E-state index is 2.45. The summed E-state index contributed by atoms with van der Waals surface area (Å²) in [4.78, 5) is 2.45. The van der Waals surface area contributed by atoms with Crippen molar-refractivity contribution in [2.24, 2.45) is 0 Å². The van der Waals surface area contributed by atoms with Gasteiger partial charge in [0.1, 0.15) is 0 Å². The summed E-state index contributed by atoms with van der Waals surface area (Å²) in [5, 5.41) is 7.70. The Kier molecular flexibility index (Phi) is 7.41. The lowest BCUT2D eigenvalue weighted by Crippen LogP contribution is -2.10. The number of anilines is 3. The van der Waals surface area contributed by atoms with Gasteiger partial charge in [-0.3, -0.25) is 0 Å². The van der Waals surface area contributed by atoms with Crippen LogP contribution in [-0.2, 0) is 0 Å². The second-order valence-corrected chi connectivity index (χ2v) is 14.3. The fourth-order valence-electron chi connectivity index (χ4n) is 7.84. The van der Waals surface area contributed by atoms with E-state index >= 15 is 0 Å². The van der Waals surface area contributed by atoms with Gasteiger partial charge in [0.15, 0.2) is 0 Å². The van der Waals surface area contributed by atoms with Crippen molar-refractivity contribution >= 4 is 70.1 Å². The van der Waals surface area contributed by atoms with Gasteiger partial charge in [-0.15, -0.1) is 11.3 Å². The zero-order chi connectivity index (χ0) is 34.4. The molecule has 0 aliphatic carbocycles. The second kappa shape index (κ2) is 12.7. The number of thiophene rings is 1. The number of benzene rings is 9. The minimum Gasteiger partial charge on any atom is -0.309 e. The second-order valence-electron chi connectivity index (χ2n) is 13.3. The highest BCUT2D eigenvalue weighted by atomic mass is 32.1. The number of fused-ring (bicyclic) bond motifs is 6. The molecule has 10 rings (SSSR count). The van der Waals surface area contributed by atoms with Gasteiger partial charge in [0.2, 0.25) is 0 Å². The quantitative estimate of drug-likeness (QED) is 0.169. The number of nitrogens with zero attached hydrogens (tertiary/aromatic N) is 1. The van der Waals surface area contributed by atoms with Crippen LogP contribution < -0.4 is 4.90 Å². The average Bonchev–Trinajstić information content (AvgIpc) is 3.62. The van der Waals surface area contributed by atoms with Gasteiger partial charge in [0.25, 0.3) is 0 Å². The fourth-order valence-corrected chi connectivity index (χ4v) is 9.06. The molecule has 0 saturated heterocycles. The number of hydrogen-bond donors (Lipinski definition) is 0. The zero-order valence-corrected chi connectivity index (χ0v) is 29.2. The summed E-state index contributed by atoms with van der Waals surface area (Å²) in [6.45, 7) is 0. The van der Waals surface area contributed by atoms with Crippen molar-refractivity contribution in [1.82, 2.24) is 0 Å². The molecule has 0 N–H and O–H groups in total. The molecule has 10 aromatic rings. The maximum absolute atomic E-state index is 2.45. The molecule has 9 aromatic carbocycles. The molecule has 0 amide bonds. The van der Waals surface area contributed by atoms with E-state index in [0.29, 0.717) is 0 Å². The molecule has 0 spiro atoms. The fraction of sp³-hybridized carbons (Fsp3) is 0. The Morgan fingerprint density at radius 2 is 0.942 bits per heavy atom. The highest BCUT2D eigenvalue weighted by molar-refractivity contribution is 7.26. The SMILES string of the molecule is c1ccc(-c2ccc(N(c3cccc(-c4cccc5cccc(-c6ccccc6)c45)c3)c3cccc4c3sc3ccc5ccccc5c34)cc2)cc1. The number of hydrogen-bond acceptors (Lipinski definition) is 2. The number of rotatable bonds is 6. The van der Waals surface area contributed by atoms with Crippen molar-refractivity contribution in [2.45, 2.75) is 0 Å². The van der Waals surface area contributed by atoms with Crippen LogP contribution in [0.15, 0.2) is 200 Å². The topological polar surface area (TPSA) is 3.24 Å². The highest BCUT2D eigenvalue weighted by Crippen LogP contribution is 2.47. The molecule has 244 valence electrons. The lowest BCUT2D eigenvalue weighted by Gasteiger charge is -2.27. The summed E-state index contributed by atoms with van der Waals surface area (Å²) in [6.07, 6.45) is 0. The smallest absolute Gasteiger partial charge is 0.0640 e. The zero-order valence-electron chi connectivity index (χ0n) is 28.4. The summed E-state index contributed by atoms with van der Waals surface area (Å²) in [5.41, 5.74) is 10.7. The molecular weight excluding hydrogens is 647 g/mol. The monoisotopic (exact) mass is 679 g/mol. The molecule has 1 nitrogen and oxygen atoms in total. The predicted octanol–water partition coefficient (Wildman–Crippen LogP) is 14.8. The molecule has 0 saturated carbocycles. The van der Waals surface area contributed by atoms with Crippen LogP contribution in [0, 0.1) is 0 Å². The summed E-state index contributed by atoms with van der Waals surface area (Å²) in [7, 11) is 0. The van der Waals surface area contributed by atoms with Crippen molar-refractivity contribution in [3.63, 3.8) is 0 Å². The van der Waals surface area contributed by atoms with Crippen LogP contribution >= 0.6 is 11.3 Å². The van der Waals surface area contributed by atoms with Crippen LogP contribution in [0.25, 0.3) is 75.1 Å². The lowest BCUT2D eigenvalue weighted by molar-refractivity contribution is 1.30. The molecule has 0 aliphatic rings. The molecule has 1 aromatic heterocycles. The first-order valence-corrected chi connectivity index (χ1v) is 18.6. The molecule has 0 fully saturated rings. The van der Waals surface area contributed by atoms with E-state index in [2.05, 4.69) is 205 Å². The first-order chi connectivity index (χ1) is 25.8. The molecule has 1 heterocycles. The van der Waals surface area contributed by atoms with Crippen molar-refractivity contribution in [3.05, 3.63) is 200 Å². The van der Waals surface area contributed by atoms with Crippen LogP contribution in [0.2, 0.25) is 0 Å². The van der Waals surface area contributed by atoms with Crippen LogP contribution in [0.4, 0.5) is 17.1 Å². The average molecular weight is 680 g/mol. The predicted molar refractivity (Wildman–Crippen MR) is 225 cm³/mol. The summed E-state index contributed by atoms with van der Waals surface area (Å²) < 4.78 is 2.58. The maximum Gasteiger partial charge on any atom is 0.0640 e. The Bertz CT molecular complexity index is 2880. The summed E-state index contributed by atoms with van der Waals surface area (Å²) in [6, 6.07) is 72.8. The third kappa shape index (κ3) is 5.16. The van der Waals surface area contributed by atoms with E-state index in [1.807, 2.05) is 11.3 Å². The van der Waals surface area contributed by atoms with Crippen LogP contribution in [0.5, 0.6) is 0 Å². The van der Waals surface area contributed by atoms with Crippen LogP contribution in [0.3, 0.4) is 0 Å². The Labute approximate surface area is 307 Å². The lowest BCUT2D eigenvalue weighted by atomic mass is 9.91. The third-order valence-corrected chi connectivity index (χ3v) is 11.4. The van der Waals surface area contributed by atoms with E-state index in [-0.39, 0.29) is 0 Å². The molecular formula is C50H33NS. The first-order valence-electron chi connectivity index (χ1n) is 17.8. The van der Waals surface area contributed by atoms with Crippen LogP contribution in [-0.4, -0.2) is 0 Å². The molecule has 0 radical (unpaired) electrons. The van der Waals surface area contributed by atoms with Crippen LogP contribution in [0.1, 0.15) is 0 Å². The minimum absolute atomic E-state index is 1.12. The summed E-state index contributed by atoms with van der Waals surface area (Å²) >= 11 is 1.88. The van der Waals surface area contributed by atoms with Crippen molar-refractivity contribution in [2.75, 3.05) is 4.90 Å². The van der Waals surface area contributed by atoms with E-state index in [1.165, 1.54) is 80.8 Å². The Morgan fingerprint density at radius 1 is 0.346 bits per heavy atom. The molecule has 0 bridgehead atoms. The standard InChI is InChI=1S/C50H33NS/c1-3-13-34(14-4-1)35-27-30-40(31-28-35)51(46-26-12-25-45-49-43-22-8-7-17-37(43)29-32-47(49)52-50(45)46)41-21-9-20-39(33-41)44-24-11-19-38-18-10-23-42(48(38)44)36-15-5-2-6-16-36/h1-33H. The van der Waals surface area contributed by atoms with Crippen molar-refractivity contribution in [1.29, 1.82) is 0 Å². The normalized spacial score (nSPS) is 11.5. The van der Waals surface area contributed by atoms with Gasteiger partial charge in [0.05, 0.1) is 10.4 Å². The van der Waals surface area contributed by atoms with Crippen molar-refractivity contribution in [3.8, 4) is 33.4 Å². The first kappa shape index (κ1) is 30.4. The van der Waals surface area contributed by atoms with E-state index in [9.17, 15) is 0 Å². The molecule has 0 aliphatic heterocycles. The van der Waals surface area contributed by atoms with E-state index in [0.717, 1.165) is 11.4 Å². The Balaban J connectivity index is 1.19. The summed E-state index contributed by atoms with van der Waals surface area (Å²) in [5.74, 6) is 0. The van der Waals surface area contributed by atoms with Gasteiger partial charge in [-0.2, -0.15) is 0 Å². The molecule has 0 atom stereocenters. The Morgan fingerprint density at radius 3 is 1.73 bits per heavy atom. The molecule has 0 unspecified atom stereocenters. The van der Waals surface area contributed by atoms with E-state index in [1.54, 1.807) is 0 Å². The van der Waals surface area contributed by atoms with Gasteiger partial charge in [0, 0.05) is 26.8 Å². The van der Waals surface area contributed by atoms with E-state index in [4.69, 9.17) is 0 Å². The Hall–Kier alpha value is -6.48. The van der Waals surface area contributed by atoms with Gasteiger partial charge in [-0.25, -0.2) is 0 Å². The van der Waals surface area contributed by atoms with Gasteiger partial charge >= 0.3 is 0 Å². The van der Waals surface area contributed by atoms with Gasteiger partial charge in [-0.05, 0) is 91.3 Å². The molecule has 2 heteroatoms.